The molecule has 26 heavy (non-hydrogen) atoms. The van der Waals surface area contributed by atoms with Crippen LogP contribution in [0.2, 0.25) is 0 Å². The molecule has 6 nitrogen and oxygen atoms in total. The second kappa shape index (κ2) is 6.12. The summed E-state index contributed by atoms with van der Waals surface area (Å²) in [5.74, 6) is -2.67. The Hall–Kier alpha value is -2.90. The summed E-state index contributed by atoms with van der Waals surface area (Å²) in [4.78, 5) is 24.8. The number of anilines is 1. The minimum atomic E-state index is -2.55. The lowest BCUT2D eigenvalue weighted by atomic mass is 10.0. The first kappa shape index (κ1) is 17.9. The van der Waals surface area contributed by atoms with Crippen molar-refractivity contribution in [3.8, 4) is 11.4 Å². The first-order valence-electron chi connectivity index (χ1n) is 8.08. The summed E-state index contributed by atoms with van der Waals surface area (Å²) < 4.78 is 27.0. The molecule has 2 unspecified atom stereocenters. The lowest BCUT2D eigenvalue weighted by molar-refractivity contribution is 0.100. The predicted molar refractivity (Wildman–Crippen MR) is 93.0 cm³/mol. The number of hydrogen-bond donors (Lipinski definition) is 3. The molecule has 1 aromatic heterocycles. The van der Waals surface area contributed by atoms with Gasteiger partial charge < -0.3 is 16.6 Å². The topological polar surface area (TPSA) is 111 Å². The lowest BCUT2D eigenvalue weighted by Gasteiger charge is -2.19. The molecule has 1 amide bonds. The van der Waals surface area contributed by atoms with Gasteiger partial charge in [-0.15, -0.1) is 0 Å². The molecule has 8 heteroatoms. The Balaban J connectivity index is 2.33. The summed E-state index contributed by atoms with van der Waals surface area (Å²) in [5, 5.41) is 10.0. The first-order valence-corrected chi connectivity index (χ1v) is 8.08. The van der Waals surface area contributed by atoms with Gasteiger partial charge in [0.1, 0.15) is 11.6 Å². The minimum absolute atomic E-state index is 0.0557. The average molecular weight is 363 g/mol. The summed E-state index contributed by atoms with van der Waals surface area (Å²) >= 11 is 0. The molecule has 1 saturated carbocycles. The fraction of sp³-hybridized carbons (Fsp3) is 0.333. The zero-order valence-corrected chi connectivity index (χ0v) is 14.3. The van der Waals surface area contributed by atoms with E-state index in [1.807, 2.05) is 0 Å². The van der Waals surface area contributed by atoms with Gasteiger partial charge in [0.15, 0.2) is 0 Å². The molecule has 1 fully saturated rings. The van der Waals surface area contributed by atoms with Crippen molar-refractivity contribution in [3.05, 3.63) is 50.8 Å². The Morgan fingerprint density at radius 3 is 2.54 bits per heavy atom. The molecule has 1 aliphatic carbocycles. The number of carbonyl (C=O) groups excluding carboxylic acids is 1. The van der Waals surface area contributed by atoms with Crippen LogP contribution < -0.4 is 17.0 Å². The third-order valence-electron chi connectivity index (χ3n) is 4.92. The van der Waals surface area contributed by atoms with Crippen LogP contribution in [0.1, 0.15) is 39.4 Å². The number of aryl methyl sites for hydroxylation is 1. The van der Waals surface area contributed by atoms with Crippen molar-refractivity contribution in [2.24, 2.45) is 11.7 Å². The maximum absolute atomic E-state index is 13.0. The van der Waals surface area contributed by atoms with Gasteiger partial charge in [-0.05, 0) is 43.9 Å². The van der Waals surface area contributed by atoms with Gasteiger partial charge in [-0.1, -0.05) is 6.07 Å². The second-order valence-corrected chi connectivity index (χ2v) is 6.62. The molecule has 1 heterocycles. The number of phenols is 1. The summed E-state index contributed by atoms with van der Waals surface area (Å²) in [6, 6.07) is 4.29. The second-order valence-electron chi connectivity index (χ2n) is 6.62. The van der Waals surface area contributed by atoms with Crippen molar-refractivity contribution < 1.29 is 18.7 Å². The number of alkyl halides is 2. The van der Waals surface area contributed by atoms with E-state index in [-0.39, 0.29) is 29.1 Å². The first-order chi connectivity index (χ1) is 12.1. The molecule has 5 N–H and O–H groups in total. The molecule has 0 aliphatic heterocycles. The normalized spacial score (nSPS) is 19.0. The number of hydrogen-bond acceptors (Lipinski definition) is 4. The van der Waals surface area contributed by atoms with Crippen LogP contribution in [0.25, 0.3) is 5.69 Å². The number of aromatic nitrogens is 1. The summed E-state index contributed by atoms with van der Waals surface area (Å²) in [5.41, 5.74) is 12.1. The summed E-state index contributed by atoms with van der Waals surface area (Å²) in [6.07, 6.45) is -2.39. The van der Waals surface area contributed by atoms with E-state index in [0.717, 1.165) is 4.57 Å². The number of aromatic hydroxyl groups is 1. The fourth-order valence-electron chi connectivity index (χ4n) is 3.35. The number of nitrogens with two attached hydrogens (primary N) is 2. The highest BCUT2D eigenvalue weighted by Gasteiger charge is 2.47. The molecule has 0 spiro atoms. The average Bonchev–Trinajstić information content (AvgIpc) is 3.34. The van der Waals surface area contributed by atoms with E-state index in [1.165, 1.54) is 12.1 Å². The van der Waals surface area contributed by atoms with E-state index < -0.39 is 29.7 Å². The van der Waals surface area contributed by atoms with Gasteiger partial charge in [0.05, 0.1) is 11.3 Å². The van der Waals surface area contributed by atoms with Crippen molar-refractivity contribution in [2.45, 2.75) is 32.6 Å². The van der Waals surface area contributed by atoms with Crippen LogP contribution in [-0.4, -0.2) is 22.0 Å². The highest BCUT2D eigenvalue weighted by atomic mass is 19.3. The molecule has 138 valence electrons. The van der Waals surface area contributed by atoms with Crippen molar-refractivity contribution in [1.82, 2.24) is 4.57 Å². The molecule has 2 aromatic rings. The lowest BCUT2D eigenvalue weighted by Crippen LogP contribution is -2.30. The number of phenolic OH excluding ortho intramolecular Hbond substituents is 1. The van der Waals surface area contributed by atoms with Gasteiger partial charge in [0, 0.05) is 17.0 Å². The maximum atomic E-state index is 13.0. The molecule has 3 rings (SSSR count). The van der Waals surface area contributed by atoms with Gasteiger partial charge >= 0.3 is 0 Å². The van der Waals surface area contributed by atoms with Gasteiger partial charge in [0.25, 0.3) is 11.5 Å². The number of amides is 1. The quantitative estimate of drug-likeness (QED) is 0.773. The number of rotatable bonds is 4. The maximum Gasteiger partial charge on any atom is 0.260 e. The smallest absolute Gasteiger partial charge is 0.260 e. The number of halogens is 2. The minimum Gasteiger partial charge on any atom is -0.508 e. The molecule has 0 saturated heterocycles. The van der Waals surface area contributed by atoms with E-state index in [4.69, 9.17) is 11.5 Å². The number of benzene rings is 1. The number of nitrogen functional groups attached to an aromatic ring is 1. The van der Waals surface area contributed by atoms with Gasteiger partial charge in [-0.25, -0.2) is 8.78 Å². The van der Waals surface area contributed by atoms with Crippen molar-refractivity contribution in [1.29, 1.82) is 0 Å². The van der Waals surface area contributed by atoms with Gasteiger partial charge in [-0.2, -0.15) is 0 Å². The molecule has 0 radical (unpaired) electrons. The highest BCUT2D eigenvalue weighted by Crippen LogP contribution is 2.50. The molecular formula is C18H19F2N3O3. The molecular weight excluding hydrogens is 344 g/mol. The Bertz CT molecular complexity index is 969. The SMILES string of the molecule is Cc1ccc(O)c(C)c1-n1c(N)c(C(N)=O)cc(C2CC2C(F)F)c1=O. The van der Waals surface area contributed by atoms with E-state index in [0.29, 0.717) is 16.8 Å². The monoisotopic (exact) mass is 363 g/mol. The highest BCUT2D eigenvalue weighted by molar-refractivity contribution is 5.97. The fourth-order valence-corrected chi connectivity index (χ4v) is 3.35. The van der Waals surface area contributed by atoms with E-state index >= 15 is 0 Å². The standard InChI is InChI=1S/C18H19F2N3O3/c1-7-3-4-13(24)8(2)14(7)23-16(21)12(17(22)25)6-11(18(23)26)9-5-10(9)15(19)20/h3-4,6,9-10,15,24H,5,21H2,1-2H3,(H2,22,25). The van der Waals surface area contributed by atoms with Gasteiger partial charge in [-0.3, -0.25) is 14.2 Å². The largest absolute Gasteiger partial charge is 0.508 e. The van der Waals surface area contributed by atoms with Gasteiger partial charge in [0.2, 0.25) is 6.43 Å². The molecule has 1 aliphatic rings. The molecule has 0 bridgehead atoms. The van der Waals surface area contributed by atoms with Crippen LogP contribution in [0.15, 0.2) is 23.0 Å². The number of carbonyl (C=O) groups is 1. The Morgan fingerprint density at radius 1 is 1.35 bits per heavy atom. The van der Waals surface area contributed by atoms with Crippen molar-refractivity contribution in [2.75, 3.05) is 5.73 Å². The summed E-state index contributed by atoms with van der Waals surface area (Å²) in [6.45, 7) is 3.31. The Kier molecular flexibility index (Phi) is 4.21. The number of nitrogens with zero attached hydrogens (tertiary/aromatic N) is 1. The zero-order valence-electron chi connectivity index (χ0n) is 14.3. The molecule has 2 atom stereocenters. The number of primary amides is 1. The van der Waals surface area contributed by atoms with Crippen molar-refractivity contribution in [3.63, 3.8) is 0 Å². The number of pyridine rings is 1. The third kappa shape index (κ3) is 2.71. The van der Waals surface area contributed by atoms with Crippen LogP contribution in [0.5, 0.6) is 5.75 Å². The van der Waals surface area contributed by atoms with Crippen LogP contribution in [0, 0.1) is 19.8 Å². The zero-order chi connectivity index (χ0) is 19.3. The Morgan fingerprint density at radius 2 is 2.00 bits per heavy atom. The van der Waals surface area contributed by atoms with E-state index in [1.54, 1.807) is 19.9 Å². The van der Waals surface area contributed by atoms with Crippen LogP contribution in [0.3, 0.4) is 0 Å². The van der Waals surface area contributed by atoms with E-state index in [2.05, 4.69) is 0 Å². The molecule has 1 aromatic carbocycles. The van der Waals surface area contributed by atoms with Crippen molar-refractivity contribution >= 4 is 11.7 Å². The van der Waals surface area contributed by atoms with Crippen LogP contribution in [0.4, 0.5) is 14.6 Å². The third-order valence-corrected chi connectivity index (χ3v) is 4.92. The predicted octanol–water partition coefficient (Wildman–Crippen LogP) is 2.21. The van der Waals surface area contributed by atoms with Crippen LogP contribution in [-0.2, 0) is 0 Å². The van der Waals surface area contributed by atoms with E-state index in [9.17, 15) is 23.5 Å². The summed E-state index contributed by atoms with van der Waals surface area (Å²) in [7, 11) is 0. The van der Waals surface area contributed by atoms with Crippen LogP contribution >= 0.6 is 0 Å². The Labute approximate surface area is 148 Å².